The smallest absolute Gasteiger partial charge is 0.341 e. The lowest BCUT2D eigenvalue weighted by Gasteiger charge is -2.37. The van der Waals surface area contributed by atoms with Crippen LogP contribution in [-0.4, -0.2) is 39.6 Å². The molecule has 1 fully saturated rings. The van der Waals surface area contributed by atoms with Crippen LogP contribution in [0, 0.1) is 11.3 Å². The molecule has 0 unspecified atom stereocenters. The first-order valence-corrected chi connectivity index (χ1v) is 10.2. The van der Waals surface area contributed by atoms with Crippen molar-refractivity contribution in [2.24, 2.45) is 0 Å². The van der Waals surface area contributed by atoms with Gasteiger partial charge in [-0.05, 0) is 49.9 Å². The zero-order valence-electron chi connectivity index (χ0n) is 15.8. The summed E-state index contributed by atoms with van der Waals surface area (Å²) in [5.74, 6) is -0.376. The summed E-state index contributed by atoms with van der Waals surface area (Å²) in [5, 5.41) is 14.1. The lowest BCUT2D eigenvalue weighted by molar-refractivity contribution is 0.0527. The van der Waals surface area contributed by atoms with Gasteiger partial charge in [-0.3, -0.25) is 4.72 Å². The van der Waals surface area contributed by atoms with Crippen LogP contribution in [0.2, 0.25) is 0 Å². The molecule has 3 aromatic heterocycles. The van der Waals surface area contributed by atoms with Gasteiger partial charge in [0.1, 0.15) is 16.2 Å². The fourth-order valence-corrected chi connectivity index (χ4v) is 4.02. The van der Waals surface area contributed by atoms with Crippen molar-refractivity contribution in [3.05, 3.63) is 47.9 Å². The summed E-state index contributed by atoms with van der Waals surface area (Å²) in [6.45, 7) is 2.10. The minimum Gasteiger partial charge on any atom is -0.462 e. The van der Waals surface area contributed by atoms with Gasteiger partial charge in [0, 0.05) is 36.1 Å². The Kier molecular flexibility index (Phi) is 5.64. The lowest BCUT2D eigenvalue weighted by atomic mass is 9.87. The number of rotatable bonds is 7. The first-order chi connectivity index (χ1) is 14.2. The summed E-state index contributed by atoms with van der Waals surface area (Å²) in [4.78, 5) is 24.0. The molecule has 0 radical (unpaired) electrons. The summed E-state index contributed by atoms with van der Waals surface area (Å²) >= 11 is 1.43. The van der Waals surface area contributed by atoms with E-state index in [0.29, 0.717) is 23.8 Å². The van der Waals surface area contributed by atoms with Crippen molar-refractivity contribution in [1.29, 1.82) is 5.26 Å². The molecule has 1 aliphatic carbocycles. The highest BCUT2D eigenvalue weighted by atomic mass is 32.2. The molecule has 0 aromatic carbocycles. The molecule has 29 heavy (non-hydrogen) atoms. The van der Waals surface area contributed by atoms with Gasteiger partial charge < -0.3 is 15.0 Å². The second kappa shape index (κ2) is 8.51. The maximum atomic E-state index is 12.3. The highest BCUT2D eigenvalue weighted by Crippen LogP contribution is 2.32. The Morgan fingerprint density at radius 2 is 2.24 bits per heavy atom. The molecule has 148 valence electrons. The van der Waals surface area contributed by atoms with Crippen LogP contribution in [0.25, 0.3) is 11.0 Å². The Morgan fingerprint density at radius 3 is 3.03 bits per heavy atom. The molecule has 0 bridgehead atoms. The number of anilines is 1. The topological polar surface area (TPSA) is 116 Å². The van der Waals surface area contributed by atoms with Crippen LogP contribution >= 0.6 is 11.9 Å². The molecular formula is C20H20N6O2S. The van der Waals surface area contributed by atoms with Crippen molar-refractivity contribution in [2.45, 2.75) is 36.9 Å². The molecule has 9 heteroatoms. The maximum Gasteiger partial charge on any atom is 0.341 e. The van der Waals surface area contributed by atoms with Gasteiger partial charge in [-0.2, -0.15) is 5.26 Å². The van der Waals surface area contributed by atoms with Gasteiger partial charge >= 0.3 is 5.97 Å². The zero-order valence-corrected chi connectivity index (χ0v) is 16.6. The SMILES string of the molecule is CCOC(=O)c1cnc2[nH]ccc2c1N[C@H]1C[C@H](NSc2cc(C#N)ccn2)C1. The van der Waals surface area contributed by atoms with Crippen molar-refractivity contribution in [1.82, 2.24) is 19.7 Å². The van der Waals surface area contributed by atoms with Crippen LogP contribution in [-0.2, 0) is 4.74 Å². The number of carbonyl (C=O) groups is 1. The summed E-state index contributed by atoms with van der Waals surface area (Å²) in [6.07, 6.45) is 6.80. The number of aromatic nitrogens is 3. The molecule has 0 aliphatic heterocycles. The molecule has 1 aliphatic rings. The fraction of sp³-hybridized carbons (Fsp3) is 0.300. The van der Waals surface area contributed by atoms with Gasteiger partial charge in [-0.1, -0.05) is 0 Å². The Hall–Kier alpha value is -3.09. The predicted molar refractivity (Wildman–Crippen MR) is 110 cm³/mol. The van der Waals surface area contributed by atoms with E-state index in [1.165, 1.54) is 11.9 Å². The van der Waals surface area contributed by atoms with Gasteiger partial charge in [-0.25, -0.2) is 14.8 Å². The third-order valence-corrected chi connectivity index (χ3v) is 5.65. The van der Waals surface area contributed by atoms with Crippen molar-refractivity contribution in [3.63, 3.8) is 0 Å². The van der Waals surface area contributed by atoms with Crippen LogP contribution in [0.15, 0.2) is 41.8 Å². The number of hydrogen-bond acceptors (Lipinski definition) is 8. The summed E-state index contributed by atoms with van der Waals surface area (Å²) in [7, 11) is 0. The minimum atomic E-state index is -0.376. The fourth-order valence-electron chi connectivity index (χ4n) is 3.24. The summed E-state index contributed by atoms with van der Waals surface area (Å²) in [5.41, 5.74) is 2.53. The van der Waals surface area contributed by atoms with Crippen molar-refractivity contribution in [2.75, 3.05) is 11.9 Å². The molecular weight excluding hydrogens is 388 g/mol. The average molecular weight is 408 g/mol. The molecule has 0 spiro atoms. The van der Waals surface area contributed by atoms with E-state index in [4.69, 9.17) is 10.00 Å². The van der Waals surface area contributed by atoms with Gasteiger partial charge in [0.25, 0.3) is 0 Å². The minimum absolute atomic E-state index is 0.236. The van der Waals surface area contributed by atoms with Crippen LogP contribution in [0.5, 0.6) is 0 Å². The average Bonchev–Trinajstić information content (AvgIpc) is 3.19. The van der Waals surface area contributed by atoms with Crippen LogP contribution in [0.3, 0.4) is 0 Å². The number of pyridine rings is 2. The van der Waals surface area contributed by atoms with E-state index in [2.05, 4.69) is 31.1 Å². The van der Waals surface area contributed by atoms with Crippen molar-refractivity contribution >= 4 is 34.6 Å². The van der Waals surface area contributed by atoms with Crippen LogP contribution in [0.4, 0.5) is 5.69 Å². The normalized spacial score (nSPS) is 18.1. The third kappa shape index (κ3) is 4.18. The summed E-state index contributed by atoms with van der Waals surface area (Å²) < 4.78 is 8.57. The Bertz CT molecular complexity index is 1070. The second-order valence-corrected chi connectivity index (χ2v) is 7.59. The highest BCUT2D eigenvalue weighted by molar-refractivity contribution is 7.97. The van der Waals surface area contributed by atoms with Gasteiger partial charge in [-0.15, -0.1) is 0 Å². The standard InChI is InChI=1S/C20H20N6O2S/c1-2-28-20(27)16-11-24-19-15(4-6-23-19)18(16)25-13-8-14(9-13)26-29-17-7-12(10-21)3-5-22-17/h3-7,11,13-14,26H,2,8-9H2,1H3,(H2,23,24,25)/t13-,14-. The van der Waals surface area contributed by atoms with Gasteiger partial charge in [0.05, 0.1) is 23.9 Å². The number of hydrogen-bond donors (Lipinski definition) is 3. The molecule has 0 atom stereocenters. The number of aromatic amines is 1. The number of nitrogens with zero attached hydrogens (tertiary/aromatic N) is 3. The van der Waals surface area contributed by atoms with E-state index in [9.17, 15) is 4.79 Å². The lowest BCUT2D eigenvalue weighted by Crippen LogP contribution is -2.45. The maximum absolute atomic E-state index is 12.3. The van der Waals surface area contributed by atoms with E-state index in [-0.39, 0.29) is 12.0 Å². The Morgan fingerprint density at radius 1 is 1.38 bits per heavy atom. The molecule has 3 aromatic rings. The monoisotopic (exact) mass is 408 g/mol. The summed E-state index contributed by atoms with van der Waals surface area (Å²) in [6, 6.07) is 8.03. The van der Waals surface area contributed by atoms with Crippen molar-refractivity contribution < 1.29 is 9.53 Å². The van der Waals surface area contributed by atoms with Crippen LogP contribution < -0.4 is 10.0 Å². The molecule has 4 rings (SSSR count). The number of H-pyrrole nitrogens is 1. The number of fused-ring (bicyclic) bond motifs is 1. The quantitative estimate of drug-likeness (QED) is 0.403. The molecule has 3 N–H and O–H groups in total. The first-order valence-electron chi connectivity index (χ1n) is 9.36. The number of esters is 1. The number of ether oxygens (including phenoxy) is 1. The second-order valence-electron chi connectivity index (χ2n) is 6.73. The third-order valence-electron chi connectivity index (χ3n) is 4.76. The van der Waals surface area contributed by atoms with E-state index < -0.39 is 0 Å². The van der Waals surface area contributed by atoms with E-state index in [1.807, 2.05) is 12.3 Å². The van der Waals surface area contributed by atoms with Gasteiger partial charge in [0.15, 0.2) is 0 Å². The Balaban J connectivity index is 1.39. The van der Waals surface area contributed by atoms with E-state index in [0.717, 1.165) is 34.6 Å². The first kappa shape index (κ1) is 19.2. The number of carbonyl (C=O) groups excluding carboxylic acids is 1. The zero-order chi connectivity index (χ0) is 20.2. The largest absolute Gasteiger partial charge is 0.462 e. The molecule has 8 nitrogen and oxygen atoms in total. The Labute approximate surface area is 172 Å². The molecule has 3 heterocycles. The molecule has 1 saturated carbocycles. The number of nitriles is 1. The van der Waals surface area contributed by atoms with Gasteiger partial charge in [0.2, 0.25) is 0 Å². The highest BCUT2D eigenvalue weighted by Gasteiger charge is 2.31. The van der Waals surface area contributed by atoms with Crippen LogP contribution in [0.1, 0.15) is 35.7 Å². The van der Waals surface area contributed by atoms with E-state index in [1.54, 1.807) is 31.5 Å². The van der Waals surface area contributed by atoms with E-state index >= 15 is 0 Å². The number of nitrogens with one attached hydrogen (secondary N) is 3. The predicted octanol–water partition coefficient (Wildman–Crippen LogP) is 3.25. The molecule has 0 saturated heterocycles. The molecule has 0 amide bonds. The van der Waals surface area contributed by atoms with Crippen molar-refractivity contribution in [3.8, 4) is 6.07 Å².